The zero-order valence-corrected chi connectivity index (χ0v) is 16.4. The highest BCUT2D eigenvalue weighted by Gasteiger charge is 2.38. The van der Waals surface area contributed by atoms with Crippen LogP contribution in [-0.2, 0) is 32.5 Å². The molecule has 0 fully saturated rings. The summed E-state index contributed by atoms with van der Waals surface area (Å²) < 4.78 is 42.4. The molecule has 1 unspecified atom stereocenters. The summed E-state index contributed by atoms with van der Waals surface area (Å²) in [6, 6.07) is 11.0. The van der Waals surface area contributed by atoms with Gasteiger partial charge >= 0.3 is 6.18 Å². The topological polar surface area (TPSA) is 69.9 Å². The SMILES string of the molecule is CCc1cc(CCCc2ccc(CO)c(CO)c2)ccc1OCC(O)C(F)(F)F. The van der Waals surface area contributed by atoms with Crippen molar-refractivity contribution < 1.29 is 33.2 Å². The first-order chi connectivity index (χ1) is 13.8. The Morgan fingerprint density at radius 2 is 1.48 bits per heavy atom. The van der Waals surface area contributed by atoms with E-state index in [1.165, 1.54) is 0 Å². The van der Waals surface area contributed by atoms with E-state index >= 15 is 0 Å². The van der Waals surface area contributed by atoms with Crippen LogP contribution < -0.4 is 4.74 Å². The Balaban J connectivity index is 1.95. The van der Waals surface area contributed by atoms with Gasteiger partial charge in [-0.25, -0.2) is 0 Å². The summed E-state index contributed by atoms with van der Waals surface area (Å²) in [6.45, 7) is 0.844. The van der Waals surface area contributed by atoms with Gasteiger partial charge in [-0.3, -0.25) is 0 Å². The van der Waals surface area contributed by atoms with Gasteiger partial charge in [-0.15, -0.1) is 0 Å². The van der Waals surface area contributed by atoms with Gasteiger partial charge in [-0.05, 0) is 59.6 Å². The number of alkyl halides is 3. The van der Waals surface area contributed by atoms with Crippen LogP contribution >= 0.6 is 0 Å². The van der Waals surface area contributed by atoms with Crippen LogP contribution in [0.15, 0.2) is 36.4 Å². The van der Waals surface area contributed by atoms with Gasteiger partial charge in [0.2, 0.25) is 0 Å². The first-order valence-corrected chi connectivity index (χ1v) is 9.60. The summed E-state index contributed by atoms with van der Waals surface area (Å²) in [5.74, 6) is 0.353. The van der Waals surface area contributed by atoms with Crippen LogP contribution in [0.3, 0.4) is 0 Å². The summed E-state index contributed by atoms with van der Waals surface area (Å²) >= 11 is 0. The van der Waals surface area contributed by atoms with Gasteiger partial charge in [-0.2, -0.15) is 13.2 Å². The van der Waals surface area contributed by atoms with Crippen LogP contribution in [0.1, 0.15) is 41.2 Å². The molecule has 7 heteroatoms. The Morgan fingerprint density at radius 3 is 2.03 bits per heavy atom. The third-order valence-corrected chi connectivity index (χ3v) is 4.82. The lowest BCUT2D eigenvalue weighted by molar-refractivity contribution is -0.210. The van der Waals surface area contributed by atoms with Crippen molar-refractivity contribution in [2.75, 3.05) is 6.61 Å². The lowest BCUT2D eigenvalue weighted by Gasteiger charge is -2.17. The number of hydrogen-bond acceptors (Lipinski definition) is 4. The van der Waals surface area contributed by atoms with E-state index in [9.17, 15) is 23.4 Å². The molecule has 0 heterocycles. The van der Waals surface area contributed by atoms with E-state index in [1.54, 1.807) is 6.07 Å². The molecule has 2 aromatic rings. The van der Waals surface area contributed by atoms with Crippen molar-refractivity contribution in [2.45, 2.75) is 58.1 Å². The summed E-state index contributed by atoms with van der Waals surface area (Å²) in [4.78, 5) is 0. The highest BCUT2D eigenvalue weighted by molar-refractivity contribution is 5.37. The monoisotopic (exact) mass is 412 g/mol. The van der Waals surface area contributed by atoms with Crippen molar-refractivity contribution in [1.82, 2.24) is 0 Å². The maximum atomic E-state index is 12.4. The fraction of sp³-hybridized carbons (Fsp3) is 0.455. The molecule has 2 rings (SSSR count). The van der Waals surface area contributed by atoms with Gasteiger partial charge in [0.1, 0.15) is 12.4 Å². The fourth-order valence-corrected chi connectivity index (χ4v) is 3.10. The van der Waals surface area contributed by atoms with E-state index in [4.69, 9.17) is 9.84 Å². The van der Waals surface area contributed by atoms with Crippen molar-refractivity contribution in [3.05, 3.63) is 64.2 Å². The third kappa shape index (κ3) is 6.73. The smallest absolute Gasteiger partial charge is 0.417 e. The molecule has 0 aliphatic carbocycles. The zero-order valence-electron chi connectivity index (χ0n) is 16.4. The largest absolute Gasteiger partial charge is 0.490 e. The van der Waals surface area contributed by atoms with Gasteiger partial charge in [0.15, 0.2) is 6.10 Å². The molecular formula is C22H27F3O4. The van der Waals surface area contributed by atoms with Crippen LogP contribution in [0.4, 0.5) is 13.2 Å². The average molecular weight is 412 g/mol. The van der Waals surface area contributed by atoms with E-state index < -0.39 is 18.9 Å². The molecule has 0 aromatic heterocycles. The second-order valence-corrected chi connectivity index (χ2v) is 6.94. The Morgan fingerprint density at radius 1 is 0.897 bits per heavy atom. The highest BCUT2D eigenvalue weighted by Crippen LogP contribution is 2.25. The number of aliphatic hydroxyl groups is 3. The first kappa shape index (κ1) is 23.2. The average Bonchev–Trinajstić information content (AvgIpc) is 2.71. The van der Waals surface area contributed by atoms with Gasteiger partial charge in [-0.1, -0.05) is 37.3 Å². The zero-order chi connectivity index (χ0) is 21.4. The van der Waals surface area contributed by atoms with Crippen molar-refractivity contribution in [2.24, 2.45) is 0 Å². The van der Waals surface area contributed by atoms with Crippen molar-refractivity contribution in [3.63, 3.8) is 0 Å². The normalized spacial score (nSPS) is 12.8. The molecule has 3 N–H and O–H groups in total. The number of rotatable bonds is 10. The van der Waals surface area contributed by atoms with Crippen LogP contribution in [0.5, 0.6) is 5.75 Å². The van der Waals surface area contributed by atoms with Gasteiger partial charge in [0.05, 0.1) is 13.2 Å². The Kier molecular flexibility index (Phi) is 8.49. The van der Waals surface area contributed by atoms with E-state index in [1.807, 2.05) is 37.3 Å². The molecule has 160 valence electrons. The Hall–Kier alpha value is -2.09. The molecule has 0 saturated carbocycles. The molecule has 0 saturated heterocycles. The van der Waals surface area contributed by atoms with Crippen LogP contribution in [0, 0.1) is 0 Å². The minimum atomic E-state index is -4.70. The molecular weight excluding hydrogens is 385 g/mol. The Bertz CT molecular complexity index is 790. The molecule has 0 aliphatic rings. The molecule has 0 bridgehead atoms. The summed E-state index contributed by atoms with van der Waals surface area (Å²) in [5.41, 5.74) is 4.37. The van der Waals surface area contributed by atoms with Crippen LogP contribution in [0.25, 0.3) is 0 Å². The van der Waals surface area contributed by atoms with Gasteiger partial charge in [0, 0.05) is 0 Å². The minimum Gasteiger partial charge on any atom is -0.490 e. The predicted molar refractivity (Wildman–Crippen MR) is 104 cm³/mol. The summed E-state index contributed by atoms with van der Waals surface area (Å²) in [5, 5.41) is 27.7. The maximum absolute atomic E-state index is 12.4. The summed E-state index contributed by atoms with van der Waals surface area (Å²) in [7, 11) is 0. The number of halogens is 3. The lowest BCUT2D eigenvalue weighted by atomic mass is 9.98. The molecule has 29 heavy (non-hydrogen) atoms. The van der Waals surface area contributed by atoms with Crippen LogP contribution in [-0.4, -0.2) is 34.2 Å². The van der Waals surface area contributed by atoms with E-state index in [0.717, 1.165) is 47.1 Å². The number of hydrogen-bond donors (Lipinski definition) is 3. The number of ether oxygens (including phenoxy) is 1. The molecule has 0 radical (unpaired) electrons. The quantitative estimate of drug-likeness (QED) is 0.557. The first-order valence-electron chi connectivity index (χ1n) is 9.60. The van der Waals surface area contributed by atoms with Crippen molar-refractivity contribution in [3.8, 4) is 5.75 Å². The second kappa shape index (κ2) is 10.6. The van der Waals surface area contributed by atoms with E-state index in [0.29, 0.717) is 12.2 Å². The summed E-state index contributed by atoms with van der Waals surface area (Å²) in [6.07, 6.45) is -4.15. The molecule has 2 aromatic carbocycles. The second-order valence-electron chi connectivity index (χ2n) is 6.94. The Labute approximate surface area is 168 Å². The fourth-order valence-electron chi connectivity index (χ4n) is 3.10. The molecule has 0 amide bonds. The standard InChI is InChI=1S/C22H27F3O4/c1-2-17-10-16(7-9-20(17)29-14-21(28)22(23,24)25)5-3-4-15-6-8-18(12-26)19(11-15)13-27/h6-11,21,26-28H,2-5,12-14H2,1H3. The third-order valence-electron chi connectivity index (χ3n) is 4.82. The number of aliphatic hydroxyl groups excluding tert-OH is 3. The van der Waals surface area contributed by atoms with Gasteiger partial charge in [0.25, 0.3) is 0 Å². The molecule has 4 nitrogen and oxygen atoms in total. The number of benzene rings is 2. The molecule has 0 aliphatic heterocycles. The highest BCUT2D eigenvalue weighted by atomic mass is 19.4. The van der Waals surface area contributed by atoms with E-state index in [2.05, 4.69) is 0 Å². The minimum absolute atomic E-state index is 0.107. The lowest BCUT2D eigenvalue weighted by Crippen LogP contribution is -2.34. The maximum Gasteiger partial charge on any atom is 0.417 e. The van der Waals surface area contributed by atoms with Crippen molar-refractivity contribution >= 4 is 0 Å². The predicted octanol–water partition coefficient (Wildman–Crippen LogP) is 3.71. The van der Waals surface area contributed by atoms with Crippen molar-refractivity contribution in [1.29, 1.82) is 0 Å². The molecule has 1 atom stereocenters. The number of aryl methyl sites for hydroxylation is 3. The van der Waals surface area contributed by atoms with Crippen LogP contribution in [0.2, 0.25) is 0 Å². The van der Waals surface area contributed by atoms with E-state index in [-0.39, 0.29) is 13.2 Å². The molecule has 0 spiro atoms. The van der Waals surface area contributed by atoms with Gasteiger partial charge < -0.3 is 20.1 Å².